The minimum absolute atomic E-state index is 0.0461. The van der Waals surface area contributed by atoms with Gasteiger partial charge in [0.2, 0.25) is 5.88 Å². The highest BCUT2D eigenvalue weighted by atomic mass is 16.3. The maximum absolute atomic E-state index is 12.2. The molecule has 0 aliphatic rings. The first-order chi connectivity index (χ1) is 13.5. The fourth-order valence-corrected chi connectivity index (χ4v) is 2.82. The van der Waals surface area contributed by atoms with Crippen LogP contribution in [-0.4, -0.2) is 37.0 Å². The van der Waals surface area contributed by atoms with Gasteiger partial charge < -0.3 is 9.67 Å². The third-order valence-corrected chi connectivity index (χ3v) is 4.42. The first-order valence-corrected chi connectivity index (χ1v) is 9.11. The number of rotatable bonds is 7. The number of aromatic nitrogens is 4. The number of aromatic amines is 1. The molecule has 0 radical (unpaired) electrons. The van der Waals surface area contributed by atoms with Crippen molar-refractivity contribution in [2.45, 2.75) is 32.7 Å². The number of benzene rings is 1. The van der Waals surface area contributed by atoms with Crippen LogP contribution in [-0.2, 0) is 6.54 Å². The number of nitrogens with zero attached hydrogens (tertiary/aromatic N) is 4. The van der Waals surface area contributed by atoms with Gasteiger partial charge in [-0.2, -0.15) is 0 Å². The molecule has 0 unspecified atom stereocenters. The summed E-state index contributed by atoms with van der Waals surface area (Å²) in [5.41, 5.74) is 0.168. The van der Waals surface area contributed by atoms with E-state index < -0.39 is 17.1 Å². The molecule has 0 bridgehead atoms. The highest BCUT2D eigenvalue weighted by Gasteiger charge is 2.14. The summed E-state index contributed by atoms with van der Waals surface area (Å²) in [6.45, 7) is 5.36. The van der Waals surface area contributed by atoms with E-state index in [1.54, 1.807) is 24.7 Å². The second kappa shape index (κ2) is 8.51. The van der Waals surface area contributed by atoms with Gasteiger partial charge >= 0.3 is 5.69 Å². The van der Waals surface area contributed by atoms with Crippen molar-refractivity contribution in [2.24, 2.45) is 4.99 Å². The Hall–Kier alpha value is -3.42. The van der Waals surface area contributed by atoms with E-state index in [1.807, 2.05) is 22.9 Å². The van der Waals surface area contributed by atoms with E-state index >= 15 is 0 Å². The van der Waals surface area contributed by atoms with Crippen molar-refractivity contribution < 1.29 is 5.11 Å². The molecule has 0 aliphatic carbocycles. The van der Waals surface area contributed by atoms with Crippen LogP contribution in [0.2, 0.25) is 0 Å². The summed E-state index contributed by atoms with van der Waals surface area (Å²) < 4.78 is 3.00. The second-order valence-corrected chi connectivity index (χ2v) is 6.77. The maximum Gasteiger partial charge on any atom is 0.335 e. The summed E-state index contributed by atoms with van der Waals surface area (Å²) >= 11 is 0. The van der Waals surface area contributed by atoms with Crippen LogP contribution in [0.15, 0.2) is 57.6 Å². The molecular formula is C20H23N5O3. The SMILES string of the molecule is CC(C)c1ccc(-n2c(O)c(C=NCCCn3ccnc3)c(=O)[nH]c2=O)cc1. The second-order valence-electron chi connectivity index (χ2n) is 6.77. The smallest absolute Gasteiger partial charge is 0.335 e. The molecule has 3 rings (SSSR count). The topological polar surface area (TPSA) is 105 Å². The molecule has 2 N–H and O–H groups in total. The number of imidazole rings is 1. The Bertz CT molecular complexity index is 1060. The Morgan fingerprint density at radius 1 is 1.25 bits per heavy atom. The molecule has 8 nitrogen and oxygen atoms in total. The van der Waals surface area contributed by atoms with Crippen molar-refractivity contribution in [2.75, 3.05) is 6.54 Å². The number of aromatic hydroxyl groups is 1. The minimum atomic E-state index is -0.697. The zero-order valence-corrected chi connectivity index (χ0v) is 15.9. The number of hydrogen-bond acceptors (Lipinski definition) is 5. The first kappa shape index (κ1) is 19.3. The summed E-state index contributed by atoms with van der Waals surface area (Å²) in [6, 6.07) is 7.25. The molecule has 0 fully saturated rings. The van der Waals surface area contributed by atoms with Crippen molar-refractivity contribution >= 4 is 6.21 Å². The van der Waals surface area contributed by atoms with E-state index in [0.717, 1.165) is 23.1 Å². The van der Waals surface area contributed by atoms with Gasteiger partial charge in [-0.15, -0.1) is 0 Å². The van der Waals surface area contributed by atoms with Gasteiger partial charge in [0.05, 0.1) is 12.0 Å². The van der Waals surface area contributed by atoms with Crippen molar-refractivity contribution in [1.82, 2.24) is 19.1 Å². The molecule has 8 heteroatoms. The zero-order valence-electron chi connectivity index (χ0n) is 15.9. The molecule has 0 atom stereocenters. The molecule has 0 spiro atoms. The molecule has 3 aromatic rings. The van der Waals surface area contributed by atoms with E-state index in [1.165, 1.54) is 6.21 Å². The van der Waals surface area contributed by atoms with Gasteiger partial charge in [-0.05, 0) is 30.0 Å². The van der Waals surface area contributed by atoms with Crippen LogP contribution >= 0.6 is 0 Å². The lowest BCUT2D eigenvalue weighted by atomic mass is 10.0. The quantitative estimate of drug-likeness (QED) is 0.483. The van der Waals surface area contributed by atoms with Crippen LogP contribution < -0.4 is 11.2 Å². The Kier molecular flexibility index (Phi) is 5.88. The molecule has 2 aromatic heterocycles. The molecule has 0 saturated heterocycles. The van der Waals surface area contributed by atoms with Crippen molar-refractivity contribution in [3.05, 3.63) is 75.0 Å². The summed E-state index contributed by atoms with van der Waals surface area (Å²) in [5, 5.41) is 10.5. The van der Waals surface area contributed by atoms with Gasteiger partial charge in [-0.25, -0.2) is 14.3 Å². The summed E-state index contributed by atoms with van der Waals surface area (Å²) in [5.74, 6) is -0.0793. The van der Waals surface area contributed by atoms with Crippen LogP contribution in [0.4, 0.5) is 0 Å². The van der Waals surface area contributed by atoms with Crippen LogP contribution in [0, 0.1) is 0 Å². The highest BCUT2D eigenvalue weighted by Crippen LogP contribution is 2.19. The number of nitrogens with one attached hydrogen (secondary N) is 1. The molecule has 0 aliphatic heterocycles. The molecule has 2 heterocycles. The number of hydrogen-bond donors (Lipinski definition) is 2. The Labute approximate surface area is 161 Å². The summed E-state index contributed by atoms with van der Waals surface area (Å²) in [7, 11) is 0. The van der Waals surface area contributed by atoms with Gasteiger partial charge in [0, 0.05) is 31.7 Å². The number of aryl methyl sites for hydroxylation is 1. The third kappa shape index (κ3) is 4.28. The van der Waals surface area contributed by atoms with Crippen LogP contribution in [0.25, 0.3) is 5.69 Å². The molecule has 1 aromatic carbocycles. The predicted octanol–water partition coefficient (Wildman–Crippen LogP) is 2.06. The lowest BCUT2D eigenvalue weighted by Gasteiger charge is -2.11. The van der Waals surface area contributed by atoms with Gasteiger partial charge in [-0.3, -0.25) is 14.8 Å². The van der Waals surface area contributed by atoms with Crippen LogP contribution in [0.3, 0.4) is 0 Å². The van der Waals surface area contributed by atoms with Crippen molar-refractivity contribution in [3.8, 4) is 11.6 Å². The summed E-state index contributed by atoms with van der Waals surface area (Å²) in [6.07, 6.45) is 7.35. The van der Waals surface area contributed by atoms with Gasteiger partial charge in [0.1, 0.15) is 5.56 Å². The van der Waals surface area contributed by atoms with Crippen LogP contribution in [0.5, 0.6) is 5.88 Å². The summed E-state index contributed by atoms with van der Waals surface area (Å²) in [4.78, 5) is 34.8. The largest absolute Gasteiger partial charge is 0.493 e. The van der Waals surface area contributed by atoms with E-state index in [9.17, 15) is 14.7 Å². The third-order valence-electron chi connectivity index (χ3n) is 4.42. The zero-order chi connectivity index (χ0) is 20.1. The first-order valence-electron chi connectivity index (χ1n) is 9.11. The minimum Gasteiger partial charge on any atom is -0.493 e. The number of aliphatic imine (C=N–C) groups is 1. The van der Waals surface area contributed by atoms with E-state index in [4.69, 9.17) is 0 Å². The molecule has 146 valence electrons. The van der Waals surface area contributed by atoms with Gasteiger partial charge in [0.25, 0.3) is 5.56 Å². The Morgan fingerprint density at radius 2 is 2.00 bits per heavy atom. The Morgan fingerprint density at radius 3 is 2.64 bits per heavy atom. The maximum atomic E-state index is 12.2. The van der Waals surface area contributed by atoms with E-state index in [0.29, 0.717) is 18.2 Å². The standard InChI is InChI=1S/C20H23N5O3/c1-14(2)15-4-6-16(7-5-15)25-19(27)17(18(26)23-20(25)28)12-21-8-3-10-24-11-9-22-13-24/h4-7,9,11-14,27H,3,8,10H2,1-2H3,(H,23,26,28). The molecule has 0 saturated carbocycles. The van der Waals surface area contributed by atoms with Gasteiger partial charge in [-0.1, -0.05) is 26.0 Å². The normalized spacial score (nSPS) is 11.5. The fraction of sp³-hybridized carbons (Fsp3) is 0.300. The monoisotopic (exact) mass is 381 g/mol. The molecule has 0 amide bonds. The lowest BCUT2D eigenvalue weighted by molar-refractivity contribution is 0.430. The number of H-pyrrole nitrogens is 1. The Balaban J connectivity index is 1.82. The van der Waals surface area contributed by atoms with E-state index in [-0.39, 0.29) is 5.56 Å². The fourth-order valence-electron chi connectivity index (χ4n) is 2.82. The van der Waals surface area contributed by atoms with Crippen molar-refractivity contribution in [1.29, 1.82) is 0 Å². The van der Waals surface area contributed by atoms with Gasteiger partial charge in [0.15, 0.2) is 0 Å². The van der Waals surface area contributed by atoms with Crippen LogP contribution in [0.1, 0.15) is 37.3 Å². The molecule has 28 heavy (non-hydrogen) atoms. The van der Waals surface area contributed by atoms with E-state index in [2.05, 4.69) is 28.8 Å². The van der Waals surface area contributed by atoms with Crippen molar-refractivity contribution in [3.63, 3.8) is 0 Å². The highest BCUT2D eigenvalue weighted by molar-refractivity contribution is 5.82. The molecular weight excluding hydrogens is 358 g/mol. The average Bonchev–Trinajstić information content (AvgIpc) is 3.17. The predicted molar refractivity (Wildman–Crippen MR) is 108 cm³/mol. The average molecular weight is 381 g/mol. The lowest BCUT2D eigenvalue weighted by Crippen LogP contribution is -2.31.